The number of rotatable bonds is 3. The van der Waals surface area contributed by atoms with Crippen molar-refractivity contribution in [2.45, 2.75) is 64.0 Å². The summed E-state index contributed by atoms with van der Waals surface area (Å²) < 4.78 is 35.0. The first kappa shape index (κ1) is 15.0. The third-order valence-corrected chi connectivity index (χ3v) is 4.68. The minimum absolute atomic E-state index is 0.149. The van der Waals surface area contributed by atoms with Gasteiger partial charge in [-0.3, -0.25) is 0 Å². The molecule has 3 rings (SSSR count). The number of hydrogen-bond donors (Lipinski definition) is 0. The van der Waals surface area contributed by atoms with E-state index in [0.29, 0.717) is 6.61 Å². The highest BCUT2D eigenvalue weighted by Gasteiger charge is 2.57. The summed E-state index contributed by atoms with van der Waals surface area (Å²) in [5.74, 6) is 0. The van der Waals surface area contributed by atoms with E-state index in [1.807, 2.05) is 13.6 Å². The highest BCUT2D eigenvalue weighted by Crippen LogP contribution is 2.37. The molecule has 0 aromatic carbocycles. The van der Waals surface area contributed by atoms with Gasteiger partial charge in [0, 0.05) is 0 Å². The molecule has 3 saturated heterocycles. The van der Waals surface area contributed by atoms with E-state index in [2.05, 4.69) is 19.6 Å². The first-order chi connectivity index (χ1) is 9.33. The molecule has 3 aliphatic rings. The summed E-state index contributed by atoms with van der Waals surface area (Å²) in [6, 6.07) is 0. The van der Waals surface area contributed by atoms with Crippen molar-refractivity contribution in [1.29, 1.82) is 0 Å². The van der Waals surface area contributed by atoms with Crippen LogP contribution in [0.25, 0.3) is 0 Å². The van der Waals surface area contributed by atoms with Gasteiger partial charge in [0.2, 0.25) is 0 Å². The smallest absolute Gasteiger partial charge is 0.415 e. The lowest BCUT2D eigenvalue weighted by Gasteiger charge is -2.39. The van der Waals surface area contributed by atoms with Gasteiger partial charge in [-0.15, -0.1) is 0 Å². The predicted octanol–water partition coefficient (Wildman–Crippen LogP) is 0.998. The molecular formula is C11H22B2O6Si. The summed E-state index contributed by atoms with van der Waals surface area (Å²) in [6.45, 7) is 10.7. The van der Waals surface area contributed by atoms with Crippen molar-refractivity contribution in [3.8, 4) is 0 Å². The molecular weight excluding hydrogens is 278 g/mol. The minimum atomic E-state index is -1.60. The van der Waals surface area contributed by atoms with Crippen molar-refractivity contribution < 1.29 is 27.8 Å². The molecule has 3 fully saturated rings. The first-order valence-corrected chi connectivity index (χ1v) is 10.7. The van der Waals surface area contributed by atoms with E-state index in [9.17, 15) is 0 Å². The summed E-state index contributed by atoms with van der Waals surface area (Å²) in [7, 11) is -2.12. The summed E-state index contributed by atoms with van der Waals surface area (Å²) in [6.07, 6.45) is -1.09. The Morgan fingerprint density at radius 1 is 0.900 bits per heavy atom. The molecule has 3 heterocycles. The Morgan fingerprint density at radius 2 is 1.50 bits per heavy atom. The van der Waals surface area contributed by atoms with Crippen LogP contribution in [0.5, 0.6) is 0 Å². The normalized spacial score (nSPS) is 41.0. The van der Waals surface area contributed by atoms with E-state index in [-0.39, 0.29) is 38.7 Å². The Bertz CT molecular complexity index is 367. The molecule has 20 heavy (non-hydrogen) atoms. The van der Waals surface area contributed by atoms with Crippen LogP contribution >= 0.6 is 0 Å². The molecule has 0 N–H and O–H groups in total. The largest absolute Gasteiger partial charge is 0.455 e. The molecule has 3 aliphatic heterocycles. The van der Waals surface area contributed by atoms with Crippen molar-refractivity contribution in [2.24, 2.45) is 0 Å². The zero-order chi connectivity index (χ0) is 14.5. The quantitative estimate of drug-likeness (QED) is 0.725. The number of ether oxygens (including phenoxy) is 1. The molecule has 6 nitrogen and oxygen atoms in total. The van der Waals surface area contributed by atoms with Crippen LogP contribution in [-0.2, 0) is 27.8 Å². The van der Waals surface area contributed by atoms with Crippen LogP contribution in [0, 0.1) is 0 Å². The number of fused-ring (bicyclic) bond motifs is 3. The molecule has 5 unspecified atom stereocenters. The lowest BCUT2D eigenvalue weighted by atomic mass is 9.96. The second kappa shape index (κ2) is 5.39. The van der Waals surface area contributed by atoms with E-state index in [1.165, 1.54) is 0 Å². The molecule has 0 aliphatic carbocycles. The van der Waals surface area contributed by atoms with Crippen molar-refractivity contribution in [1.82, 2.24) is 0 Å². The fraction of sp³-hybridized carbons (Fsp3) is 1.00. The van der Waals surface area contributed by atoms with Gasteiger partial charge in [0.1, 0.15) is 12.2 Å². The Labute approximate surface area is 121 Å². The Morgan fingerprint density at radius 3 is 2.20 bits per heavy atom. The molecule has 0 amide bonds. The van der Waals surface area contributed by atoms with Gasteiger partial charge in [-0.1, -0.05) is 0 Å². The second-order valence-corrected chi connectivity index (χ2v) is 11.1. The summed E-state index contributed by atoms with van der Waals surface area (Å²) in [5.41, 5.74) is 0. The van der Waals surface area contributed by atoms with Gasteiger partial charge < -0.3 is 27.8 Å². The predicted molar refractivity (Wildman–Crippen MR) is 76.9 cm³/mol. The fourth-order valence-electron chi connectivity index (χ4n) is 2.83. The van der Waals surface area contributed by atoms with E-state index >= 15 is 0 Å². The van der Waals surface area contributed by atoms with Crippen LogP contribution in [0.15, 0.2) is 0 Å². The van der Waals surface area contributed by atoms with Gasteiger partial charge in [-0.2, -0.15) is 0 Å². The van der Waals surface area contributed by atoms with E-state index < -0.39 is 14.6 Å². The van der Waals surface area contributed by atoms with Crippen LogP contribution in [0.4, 0.5) is 0 Å². The molecule has 9 heteroatoms. The SMILES string of the molecule is CB1OC2OC(CO[Si](C)(C)C)C3OB(C)OC3C2O1. The summed E-state index contributed by atoms with van der Waals surface area (Å²) in [5, 5.41) is 0. The monoisotopic (exact) mass is 300 g/mol. The van der Waals surface area contributed by atoms with E-state index in [1.54, 1.807) is 0 Å². The second-order valence-electron chi connectivity index (χ2n) is 6.54. The van der Waals surface area contributed by atoms with Crippen LogP contribution in [0.1, 0.15) is 0 Å². The first-order valence-electron chi connectivity index (χ1n) is 7.25. The van der Waals surface area contributed by atoms with E-state index in [4.69, 9.17) is 27.8 Å². The zero-order valence-electron chi connectivity index (χ0n) is 12.7. The maximum absolute atomic E-state index is 5.98. The van der Waals surface area contributed by atoms with Crippen LogP contribution in [0.3, 0.4) is 0 Å². The zero-order valence-corrected chi connectivity index (χ0v) is 13.7. The van der Waals surface area contributed by atoms with Crippen LogP contribution in [-0.4, -0.2) is 59.9 Å². The summed E-state index contributed by atoms with van der Waals surface area (Å²) >= 11 is 0. The third kappa shape index (κ3) is 2.99. The van der Waals surface area contributed by atoms with Gasteiger partial charge in [0.15, 0.2) is 14.6 Å². The van der Waals surface area contributed by atoms with Crippen LogP contribution in [0.2, 0.25) is 33.3 Å². The highest BCUT2D eigenvalue weighted by atomic mass is 28.4. The van der Waals surface area contributed by atoms with Crippen molar-refractivity contribution >= 4 is 22.6 Å². The Kier molecular flexibility index (Phi) is 4.04. The molecule has 0 radical (unpaired) electrons. The lowest BCUT2D eigenvalue weighted by molar-refractivity contribution is -0.221. The average Bonchev–Trinajstić information content (AvgIpc) is 2.86. The van der Waals surface area contributed by atoms with Crippen molar-refractivity contribution in [3.63, 3.8) is 0 Å². The maximum atomic E-state index is 5.98. The molecule has 0 aromatic heterocycles. The standard InChI is InChI=1S/C11H22B2O6Si/c1-12-16-8-7(6-14-20(3,4)5)15-11-10(9(8)17-12)18-13(2)19-11/h7-11H,6H2,1-5H3. The van der Waals surface area contributed by atoms with Crippen molar-refractivity contribution in [3.05, 3.63) is 0 Å². The molecule has 5 atom stereocenters. The fourth-order valence-corrected chi connectivity index (χ4v) is 3.50. The molecule has 0 saturated carbocycles. The molecule has 0 aromatic rings. The van der Waals surface area contributed by atoms with Crippen LogP contribution < -0.4 is 0 Å². The van der Waals surface area contributed by atoms with Gasteiger partial charge in [0.25, 0.3) is 0 Å². The minimum Gasteiger partial charge on any atom is -0.415 e. The number of hydrogen-bond acceptors (Lipinski definition) is 6. The molecule has 0 bridgehead atoms. The molecule has 0 spiro atoms. The van der Waals surface area contributed by atoms with Gasteiger partial charge in [-0.05, 0) is 33.3 Å². The third-order valence-electron chi connectivity index (χ3n) is 3.64. The maximum Gasteiger partial charge on any atom is 0.455 e. The van der Waals surface area contributed by atoms with Gasteiger partial charge in [-0.25, -0.2) is 0 Å². The van der Waals surface area contributed by atoms with Gasteiger partial charge in [0.05, 0.1) is 18.8 Å². The lowest BCUT2D eigenvalue weighted by Crippen LogP contribution is -2.56. The highest BCUT2D eigenvalue weighted by molar-refractivity contribution is 6.69. The van der Waals surface area contributed by atoms with Gasteiger partial charge >= 0.3 is 14.2 Å². The Balaban J connectivity index is 1.71. The Hall–Kier alpha value is 0.107. The average molecular weight is 300 g/mol. The summed E-state index contributed by atoms with van der Waals surface area (Å²) in [4.78, 5) is 0. The molecule has 112 valence electrons. The topological polar surface area (TPSA) is 55.4 Å². The van der Waals surface area contributed by atoms with Crippen molar-refractivity contribution in [2.75, 3.05) is 6.61 Å². The van der Waals surface area contributed by atoms with E-state index in [0.717, 1.165) is 0 Å².